The molecule has 1 aliphatic carbocycles. The highest BCUT2D eigenvalue weighted by atomic mass is 14.9. The van der Waals surface area contributed by atoms with E-state index in [1.807, 2.05) is 0 Å². The van der Waals surface area contributed by atoms with Crippen molar-refractivity contribution in [2.24, 2.45) is 17.8 Å². The average Bonchev–Trinajstić information content (AvgIpc) is 2.15. The first-order valence-corrected chi connectivity index (χ1v) is 6.39. The normalized spacial score (nSPS) is 28.3. The van der Waals surface area contributed by atoms with Gasteiger partial charge in [-0.15, -0.1) is 0 Å². The lowest BCUT2D eigenvalue weighted by molar-refractivity contribution is 0.280. The summed E-state index contributed by atoms with van der Waals surface area (Å²) in [6.45, 7) is 9.46. The zero-order chi connectivity index (χ0) is 10.4. The predicted molar refractivity (Wildman–Crippen MR) is 63.4 cm³/mol. The summed E-state index contributed by atoms with van der Waals surface area (Å²) in [4.78, 5) is 0. The molecule has 0 bridgehead atoms. The Labute approximate surface area is 89.7 Å². The van der Waals surface area contributed by atoms with E-state index in [1.165, 1.54) is 45.2 Å². The molecular formula is C13H27N. The van der Waals surface area contributed by atoms with Crippen LogP contribution in [0.3, 0.4) is 0 Å². The van der Waals surface area contributed by atoms with Crippen molar-refractivity contribution >= 4 is 0 Å². The number of nitrogens with one attached hydrogen (secondary N) is 1. The standard InChI is InChI=1S/C13H27N/c1-11(2)8-9-14-10-13-6-4-12(3)5-7-13/h11-14H,4-10H2,1-3H3. The zero-order valence-electron chi connectivity index (χ0n) is 10.2. The van der Waals surface area contributed by atoms with E-state index in [2.05, 4.69) is 26.1 Å². The van der Waals surface area contributed by atoms with Crippen LogP contribution in [0.5, 0.6) is 0 Å². The highest BCUT2D eigenvalue weighted by Crippen LogP contribution is 2.27. The minimum Gasteiger partial charge on any atom is -0.316 e. The first kappa shape index (κ1) is 12.0. The van der Waals surface area contributed by atoms with Gasteiger partial charge in [0.2, 0.25) is 0 Å². The molecule has 84 valence electrons. The number of hydrogen-bond donors (Lipinski definition) is 1. The highest BCUT2D eigenvalue weighted by Gasteiger charge is 2.17. The molecule has 0 aliphatic heterocycles. The summed E-state index contributed by atoms with van der Waals surface area (Å²) >= 11 is 0. The molecule has 1 saturated carbocycles. The Kier molecular flexibility index (Phi) is 5.54. The van der Waals surface area contributed by atoms with Crippen LogP contribution in [0.2, 0.25) is 0 Å². The van der Waals surface area contributed by atoms with Crippen molar-refractivity contribution in [1.29, 1.82) is 0 Å². The second-order valence-corrected chi connectivity index (χ2v) is 5.51. The molecule has 1 heteroatoms. The lowest BCUT2D eigenvalue weighted by Crippen LogP contribution is -2.27. The number of hydrogen-bond acceptors (Lipinski definition) is 1. The minimum absolute atomic E-state index is 0.842. The van der Waals surface area contributed by atoms with Crippen molar-refractivity contribution in [1.82, 2.24) is 5.32 Å². The largest absolute Gasteiger partial charge is 0.316 e. The molecule has 0 heterocycles. The van der Waals surface area contributed by atoms with Crippen LogP contribution in [0, 0.1) is 17.8 Å². The summed E-state index contributed by atoms with van der Waals surface area (Å²) < 4.78 is 0. The molecule has 1 nitrogen and oxygen atoms in total. The van der Waals surface area contributed by atoms with Gasteiger partial charge >= 0.3 is 0 Å². The van der Waals surface area contributed by atoms with Gasteiger partial charge in [-0.05, 0) is 50.1 Å². The predicted octanol–water partition coefficient (Wildman–Crippen LogP) is 3.45. The minimum atomic E-state index is 0.842. The van der Waals surface area contributed by atoms with Crippen LogP contribution in [0.1, 0.15) is 52.9 Å². The molecule has 1 rings (SSSR count). The van der Waals surface area contributed by atoms with Crippen LogP contribution in [0.4, 0.5) is 0 Å². The summed E-state index contributed by atoms with van der Waals surface area (Å²) in [7, 11) is 0. The molecule has 0 aromatic rings. The molecule has 1 N–H and O–H groups in total. The summed E-state index contributed by atoms with van der Waals surface area (Å²) in [6.07, 6.45) is 7.14. The highest BCUT2D eigenvalue weighted by molar-refractivity contribution is 4.71. The topological polar surface area (TPSA) is 12.0 Å². The molecule has 0 amide bonds. The third-order valence-electron chi connectivity index (χ3n) is 3.47. The molecule has 0 atom stereocenters. The van der Waals surface area contributed by atoms with Crippen LogP contribution >= 0.6 is 0 Å². The van der Waals surface area contributed by atoms with E-state index < -0.39 is 0 Å². The maximum absolute atomic E-state index is 3.60. The van der Waals surface area contributed by atoms with Gasteiger partial charge in [-0.3, -0.25) is 0 Å². The lowest BCUT2D eigenvalue weighted by atomic mass is 9.83. The van der Waals surface area contributed by atoms with Crippen molar-refractivity contribution in [2.45, 2.75) is 52.9 Å². The third-order valence-corrected chi connectivity index (χ3v) is 3.47. The average molecular weight is 197 g/mol. The number of rotatable bonds is 5. The Balaban J connectivity index is 1.96. The van der Waals surface area contributed by atoms with Crippen LogP contribution in [-0.2, 0) is 0 Å². The molecule has 0 saturated heterocycles. The fraction of sp³-hybridized carbons (Fsp3) is 1.00. The SMILES string of the molecule is CC(C)CCNCC1CCC(C)CC1. The molecule has 0 aromatic carbocycles. The van der Waals surface area contributed by atoms with E-state index >= 15 is 0 Å². The molecular weight excluding hydrogens is 170 g/mol. The Morgan fingerprint density at radius 3 is 2.36 bits per heavy atom. The van der Waals surface area contributed by atoms with Crippen LogP contribution in [-0.4, -0.2) is 13.1 Å². The van der Waals surface area contributed by atoms with Crippen molar-refractivity contribution in [3.63, 3.8) is 0 Å². The first-order valence-electron chi connectivity index (χ1n) is 6.39. The van der Waals surface area contributed by atoms with E-state index in [-0.39, 0.29) is 0 Å². The monoisotopic (exact) mass is 197 g/mol. The summed E-state index contributed by atoms with van der Waals surface area (Å²) in [5.74, 6) is 2.80. The molecule has 14 heavy (non-hydrogen) atoms. The molecule has 0 spiro atoms. The fourth-order valence-electron chi connectivity index (χ4n) is 2.23. The van der Waals surface area contributed by atoms with E-state index in [1.54, 1.807) is 0 Å². The van der Waals surface area contributed by atoms with Crippen molar-refractivity contribution in [2.75, 3.05) is 13.1 Å². The maximum atomic E-state index is 3.60. The van der Waals surface area contributed by atoms with Crippen LogP contribution in [0.15, 0.2) is 0 Å². The second-order valence-electron chi connectivity index (χ2n) is 5.51. The Morgan fingerprint density at radius 2 is 1.79 bits per heavy atom. The second kappa shape index (κ2) is 6.44. The quantitative estimate of drug-likeness (QED) is 0.666. The zero-order valence-corrected chi connectivity index (χ0v) is 10.2. The van der Waals surface area contributed by atoms with Gasteiger partial charge in [0.1, 0.15) is 0 Å². The van der Waals surface area contributed by atoms with Crippen LogP contribution in [0.25, 0.3) is 0 Å². The van der Waals surface area contributed by atoms with Gasteiger partial charge in [0.05, 0.1) is 0 Å². The van der Waals surface area contributed by atoms with Crippen molar-refractivity contribution < 1.29 is 0 Å². The van der Waals surface area contributed by atoms with Gasteiger partial charge in [0.25, 0.3) is 0 Å². The van der Waals surface area contributed by atoms with E-state index in [0.29, 0.717) is 0 Å². The Bertz CT molecular complexity index is 134. The van der Waals surface area contributed by atoms with Gasteiger partial charge in [0, 0.05) is 0 Å². The molecule has 0 unspecified atom stereocenters. The van der Waals surface area contributed by atoms with Gasteiger partial charge in [0.15, 0.2) is 0 Å². The fourth-order valence-corrected chi connectivity index (χ4v) is 2.23. The third kappa shape index (κ3) is 4.99. The Morgan fingerprint density at radius 1 is 1.14 bits per heavy atom. The first-order chi connectivity index (χ1) is 6.68. The molecule has 1 aliphatic rings. The molecule has 0 aromatic heterocycles. The van der Waals surface area contributed by atoms with Gasteiger partial charge in [-0.1, -0.05) is 33.6 Å². The summed E-state index contributed by atoms with van der Waals surface area (Å²) in [5.41, 5.74) is 0. The maximum Gasteiger partial charge on any atom is -0.00205 e. The molecule has 1 fully saturated rings. The van der Waals surface area contributed by atoms with Crippen molar-refractivity contribution in [3.8, 4) is 0 Å². The molecule has 0 radical (unpaired) electrons. The summed E-state index contributed by atoms with van der Waals surface area (Å²) in [5, 5.41) is 3.60. The van der Waals surface area contributed by atoms with E-state index in [4.69, 9.17) is 0 Å². The van der Waals surface area contributed by atoms with E-state index in [0.717, 1.165) is 17.8 Å². The van der Waals surface area contributed by atoms with E-state index in [9.17, 15) is 0 Å². The van der Waals surface area contributed by atoms with Gasteiger partial charge in [-0.25, -0.2) is 0 Å². The van der Waals surface area contributed by atoms with Gasteiger partial charge < -0.3 is 5.32 Å². The Hall–Kier alpha value is -0.0400. The lowest BCUT2D eigenvalue weighted by Gasteiger charge is -2.26. The smallest absolute Gasteiger partial charge is 0.00205 e. The van der Waals surface area contributed by atoms with Crippen molar-refractivity contribution in [3.05, 3.63) is 0 Å². The van der Waals surface area contributed by atoms with Gasteiger partial charge in [-0.2, -0.15) is 0 Å². The summed E-state index contributed by atoms with van der Waals surface area (Å²) in [6, 6.07) is 0. The van der Waals surface area contributed by atoms with Crippen LogP contribution < -0.4 is 5.32 Å².